The summed E-state index contributed by atoms with van der Waals surface area (Å²) in [5.41, 5.74) is 0.555. The molecule has 1 aliphatic carbocycles. The van der Waals surface area contributed by atoms with Gasteiger partial charge in [-0.1, -0.05) is 27.7 Å². The van der Waals surface area contributed by atoms with E-state index < -0.39 is 0 Å². The molecule has 1 heteroatoms. The average molecular weight is 210 g/mol. The molecule has 88 valence electrons. The van der Waals surface area contributed by atoms with Crippen LogP contribution in [0.4, 0.5) is 0 Å². The predicted octanol–water partition coefficient (Wildman–Crippen LogP) is 3.87. The van der Waals surface area contributed by atoms with Crippen LogP contribution < -0.4 is 0 Å². The molecule has 0 aromatic heterocycles. The molecule has 0 spiro atoms. The summed E-state index contributed by atoms with van der Waals surface area (Å²) >= 11 is 0. The van der Waals surface area contributed by atoms with Crippen molar-refractivity contribution in [3.8, 4) is 0 Å². The molecule has 15 heavy (non-hydrogen) atoms. The maximum atomic E-state index is 5.95. The van der Waals surface area contributed by atoms with Gasteiger partial charge in [-0.25, -0.2) is 0 Å². The first-order valence-corrected chi connectivity index (χ1v) is 6.62. The van der Waals surface area contributed by atoms with Gasteiger partial charge in [-0.05, 0) is 48.9 Å². The lowest BCUT2D eigenvalue weighted by molar-refractivity contribution is 0.00564. The molecule has 1 heterocycles. The van der Waals surface area contributed by atoms with Crippen LogP contribution in [-0.4, -0.2) is 12.7 Å². The van der Waals surface area contributed by atoms with E-state index in [-0.39, 0.29) is 0 Å². The Morgan fingerprint density at radius 3 is 2.80 bits per heavy atom. The van der Waals surface area contributed by atoms with Gasteiger partial charge < -0.3 is 4.74 Å². The Hall–Kier alpha value is -0.0400. The largest absolute Gasteiger partial charge is 0.378 e. The molecule has 2 aliphatic rings. The van der Waals surface area contributed by atoms with Crippen molar-refractivity contribution in [1.82, 2.24) is 0 Å². The van der Waals surface area contributed by atoms with Gasteiger partial charge in [-0.15, -0.1) is 0 Å². The van der Waals surface area contributed by atoms with Crippen molar-refractivity contribution >= 4 is 0 Å². The molecule has 1 aliphatic heterocycles. The molecular weight excluding hydrogens is 184 g/mol. The summed E-state index contributed by atoms with van der Waals surface area (Å²) in [6, 6.07) is 0. The van der Waals surface area contributed by atoms with E-state index in [1.165, 1.54) is 25.7 Å². The minimum Gasteiger partial charge on any atom is -0.378 e. The van der Waals surface area contributed by atoms with E-state index in [0.717, 1.165) is 24.4 Å². The maximum absolute atomic E-state index is 5.95. The van der Waals surface area contributed by atoms with Crippen LogP contribution in [0.2, 0.25) is 0 Å². The predicted molar refractivity (Wildman–Crippen MR) is 63.8 cm³/mol. The van der Waals surface area contributed by atoms with Crippen LogP contribution in [0.5, 0.6) is 0 Å². The summed E-state index contributed by atoms with van der Waals surface area (Å²) in [4.78, 5) is 0. The lowest BCUT2D eigenvalue weighted by Crippen LogP contribution is -2.35. The normalized spacial score (nSPS) is 45.8. The summed E-state index contributed by atoms with van der Waals surface area (Å²) in [5, 5.41) is 0. The van der Waals surface area contributed by atoms with Gasteiger partial charge >= 0.3 is 0 Å². The maximum Gasteiger partial charge on any atom is 0.0612 e. The molecule has 4 atom stereocenters. The highest BCUT2D eigenvalue weighted by Gasteiger charge is 2.43. The first kappa shape index (κ1) is 11.4. The molecule has 0 radical (unpaired) electrons. The Kier molecular flexibility index (Phi) is 3.12. The lowest BCUT2D eigenvalue weighted by Gasteiger charge is -2.41. The lowest BCUT2D eigenvalue weighted by atomic mass is 9.65. The Bertz CT molecular complexity index is 223. The molecule has 0 aromatic carbocycles. The van der Waals surface area contributed by atoms with Crippen LogP contribution >= 0.6 is 0 Å². The monoisotopic (exact) mass is 210 g/mol. The number of fused-ring (bicyclic) bond motifs is 1. The summed E-state index contributed by atoms with van der Waals surface area (Å²) in [7, 11) is 0. The summed E-state index contributed by atoms with van der Waals surface area (Å²) in [6.07, 6.45) is 6.07. The minimum atomic E-state index is 0.555. The van der Waals surface area contributed by atoms with E-state index in [0.29, 0.717) is 11.5 Å². The van der Waals surface area contributed by atoms with Crippen molar-refractivity contribution in [3.63, 3.8) is 0 Å². The van der Waals surface area contributed by atoms with E-state index in [1.807, 2.05) is 0 Å². The fourth-order valence-electron chi connectivity index (χ4n) is 3.84. The smallest absolute Gasteiger partial charge is 0.0612 e. The molecule has 1 saturated heterocycles. The van der Waals surface area contributed by atoms with E-state index in [4.69, 9.17) is 4.74 Å². The molecule has 2 rings (SSSR count). The molecule has 1 nitrogen and oxygen atoms in total. The SMILES string of the molecule is CC(C)CC1(C)CC[C@H]2C(C)COC2C1. The van der Waals surface area contributed by atoms with Gasteiger partial charge in [-0.2, -0.15) is 0 Å². The first-order chi connectivity index (χ1) is 7.00. The third-order valence-corrected chi connectivity index (χ3v) is 4.46. The standard InChI is InChI=1S/C14H26O/c1-10(2)7-14(4)6-5-12-11(3)9-15-13(12)8-14/h10-13H,5-9H2,1-4H3/t11?,12-,13?,14?/m0/s1. The van der Waals surface area contributed by atoms with Crippen molar-refractivity contribution in [3.05, 3.63) is 0 Å². The topological polar surface area (TPSA) is 9.23 Å². The summed E-state index contributed by atoms with van der Waals surface area (Å²) < 4.78 is 5.95. The van der Waals surface area contributed by atoms with Crippen LogP contribution in [0, 0.1) is 23.2 Å². The average Bonchev–Trinajstić information content (AvgIpc) is 2.44. The van der Waals surface area contributed by atoms with Gasteiger partial charge in [0.05, 0.1) is 6.10 Å². The Morgan fingerprint density at radius 2 is 2.13 bits per heavy atom. The molecule has 0 bridgehead atoms. The van der Waals surface area contributed by atoms with Crippen LogP contribution in [0.3, 0.4) is 0 Å². The van der Waals surface area contributed by atoms with Crippen LogP contribution in [-0.2, 0) is 4.74 Å². The molecule has 0 aromatic rings. The van der Waals surface area contributed by atoms with Crippen LogP contribution in [0.15, 0.2) is 0 Å². The Labute approximate surface area is 94.6 Å². The highest BCUT2D eigenvalue weighted by molar-refractivity contribution is 4.93. The van der Waals surface area contributed by atoms with Gasteiger partial charge in [0, 0.05) is 6.61 Å². The number of hydrogen-bond acceptors (Lipinski definition) is 1. The molecular formula is C14H26O. The second kappa shape index (κ2) is 4.08. The zero-order valence-corrected chi connectivity index (χ0v) is 10.8. The van der Waals surface area contributed by atoms with Gasteiger partial charge in [0.15, 0.2) is 0 Å². The quantitative estimate of drug-likeness (QED) is 0.672. The zero-order valence-electron chi connectivity index (χ0n) is 10.8. The fraction of sp³-hybridized carbons (Fsp3) is 1.00. The summed E-state index contributed by atoms with van der Waals surface area (Å²) in [6.45, 7) is 10.5. The van der Waals surface area contributed by atoms with E-state index >= 15 is 0 Å². The van der Waals surface area contributed by atoms with Crippen molar-refractivity contribution in [2.45, 2.75) is 59.5 Å². The van der Waals surface area contributed by atoms with Gasteiger partial charge in [0.1, 0.15) is 0 Å². The second-order valence-corrected chi connectivity index (χ2v) is 6.66. The van der Waals surface area contributed by atoms with Crippen LogP contribution in [0.1, 0.15) is 53.4 Å². The van der Waals surface area contributed by atoms with Gasteiger partial charge in [-0.3, -0.25) is 0 Å². The van der Waals surface area contributed by atoms with E-state index in [1.54, 1.807) is 0 Å². The zero-order chi connectivity index (χ0) is 11.1. The second-order valence-electron chi connectivity index (χ2n) is 6.66. The first-order valence-electron chi connectivity index (χ1n) is 6.62. The number of ether oxygens (including phenoxy) is 1. The Morgan fingerprint density at radius 1 is 1.40 bits per heavy atom. The van der Waals surface area contributed by atoms with E-state index in [9.17, 15) is 0 Å². The van der Waals surface area contributed by atoms with Crippen molar-refractivity contribution in [1.29, 1.82) is 0 Å². The molecule has 2 fully saturated rings. The van der Waals surface area contributed by atoms with E-state index in [2.05, 4.69) is 27.7 Å². The molecule has 1 saturated carbocycles. The number of hydrogen-bond donors (Lipinski definition) is 0. The third-order valence-electron chi connectivity index (χ3n) is 4.46. The number of rotatable bonds is 2. The van der Waals surface area contributed by atoms with Crippen molar-refractivity contribution in [2.24, 2.45) is 23.2 Å². The minimum absolute atomic E-state index is 0.555. The Balaban J connectivity index is 1.98. The highest BCUT2D eigenvalue weighted by atomic mass is 16.5. The summed E-state index contributed by atoms with van der Waals surface area (Å²) in [5.74, 6) is 2.49. The van der Waals surface area contributed by atoms with Crippen LogP contribution in [0.25, 0.3) is 0 Å². The molecule has 0 N–H and O–H groups in total. The van der Waals surface area contributed by atoms with Gasteiger partial charge in [0.2, 0.25) is 0 Å². The fourth-order valence-corrected chi connectivity index (χ4v) is 3.84. The van der Waals surface area contributed by atoms with Crippen molar-refractivity contribution < 1.29 is 4.74 Å². The highest BCUT2D eigenvalue weighted by Crippen LogP contribution is 2.48. The third kappa shape index (κ3) is 2.38. The van der Waals surface area contributed by atoms with Crippen molar-refractivity contribution in [2.75, 3.05) is 6.61 Å². The molecule has 0 amide bonds. The molecule has 3 unspecified atom stereocenters. The van der Waals surface area contributed by atoms with Gasteiger partial charge in [0.25, 0.3) is 0 Å².